The Hall–Kier alpha value is -3.37. The molecule has 3 aromatic heterocycles. The number of anilines is 1. The van der Waals surface area contributed by atoms with Crippen molar-refractivity contribution in [3.8, 4) is 0 Å². The van der Waals surface area contributed by atoms with Crippen LogP contribution in [0.25, 0.3) is 21.8 Å². The van der Waals surface area contributed by atoms with Crippen LogP contribution < -0.4 is 11.1 Å². The van der Waals surface area contributed by atoms with Gasteiger partial charge in [0, 0.05) is 53.0 Å². The summed E-state index contributed by atoms with van der Waals surface area (Å²) in [6.07, 6.45) is 7.06. The van der Waals surface area contributed by atoms with Crippen LogP contribution in [0.15, 0.2) is 49.1 Å². The Bertz CT molecular complexity index is 1520. The Morgan fingerprint density at radius 3 is 2.79 bits per heavy atom. The number of hydrogen-bond acceptors (Lipinski definition) is 7. The number of amides is 1. The Kier molecular flexibility index (Phi) is 7.19. The lowest BCUT2D eigenvalue weighted by molar-refractivity contribution is -0.143. The summed E-state index contributed by atoms with van der Waals surface area (Å²) in [4.78, 5) is 40.2. The smallest absolute Gasteiger partial charge is 0.244 e. The molecule has 4 N–H and O–H groups in total. The van der Waals surface area contributed by atoms with Crippen molar-refractivity contribution >= 4 is 50.8 Å². The molecule has 0 spiro atoms. The number of carbonyl (C=O) groups excluding carboxylic acids is 2. The first-order valence-corrected chi connectivity index (χ1v) is 12.9. The highest BCUT2D eigenvalue weighted by Crippen LogP contribution is 2.33. The van der Waals surface area contributed by atoms with Crippen LogP contribution in [0.2, 0.25) is 5.02 Å². The summed E-state index contributed by atoms with van der Waals surface area (Å²) in [6.45, 7) is 7.02. The number of carbonyl (C=O) groups is 2. The number of nitrogens with zero attached hydrogens (tertiary/aromatic N) is 3. The topological polar surface area (TPSA) is 126 Å². The van der Waals surface area contributed by atoms with Crippen molar-refractivity contribution in [1.82, 2.24) is 19.9 Å². The third kappa shape index (κ3) is 5.28. The van der Waals surface area contributed by atoms with E-state index in [2.05, 4.69) is 20.3 Å². The van der Waals surface area contributed by atoms with E-state index in [0.29, 0.717) is 35.8 Å². The van der Waals surface area contributed by atoms with E-state index in [1.807, 2.05) is 37.8 Å². The lowest BCUT2D eigenvalue weighted by atomic mass is 9.98. The number of halogens is 1. The van der Waals surface area contributed by atoms with Crippen molar-refractivity contribution in [3.63, 3.8) is 0 Å². The molecule has 1 aromatic carbocycles. The second kappa shape index (κ2) is 10.4. The molecule has 0 saturated carbocycles. The van der Waals surface area contributed by atoms with Crippen LogP contribution in [0.5, 0.6) is 0 Å². The summed E-state index contributed by atoms with van der Waals surface area (Å²) < 4.78 is 6.01. The molecule has 4 heterocycles. The number of Topliss-reactive ketones (excluding diaryl/α,β-unsaturated/α-hetero) is 1. The second-order valence-electron chi connectivity index (χ2n) is 10.4. The lowest BCUT2D eigenvalue weighted by Gasteiger charge is -2.43. The molecule has 0 radical (unpaired) electrons. The minimum Gasteiger partial charge on any atom is -0.372 e. The van der Waals surface area contributed by atoms with Gasteiger partial charge in [-0.05, 0) is 57.0 Å². The fourth-order valence-electron chi connectivity index (χ4n) is 5.02. The number of rotatable bonds is 7. The van der Waals surface area contributed by atoms with Gasteiger partial charge < -0.3 is 20.8 Å². The molecular weight excluding hydrogens is 504 g/mol. The van der Waals surface area contributed by atoms with Gasteiger partial charge in [-0.15, -0.1) is 0 Å². The van der Waals surface area contributed by atoms with Crippen LogP contribution in [0.3, 0.4) is 0 Å². The van der Waals surface area contributed by atoms with Crippen molar-refractivity contribution in [2.45, 2.75) is 44.9 Å². The summed E-state index contributed by atoms with van der Waals surface area (Å²) in [7, 11) is 0. The number of aromatic amines is 1. The maximum absolute atomic E-state index is 13.6. The minimum absolute atomic E-state index is 0.154. The van der Waals surface area contributed by atoms with E-state index in [0.717, 1.165) is 27.4 Å². The molecule has 5 rings (SSSR count). The number of nitrogens with one attached hydrogen (secondary N) is 2. The van der Waals surface area contributed by atoms with Gasteiger partial charge in [-0.1, -0.05) is 11.6 Å². The van der Waals surface area contributed by atoms with Gasteiger partial charge in [0.2, 0.25) is 5.91 Å². The van der Waals surface area contributed by atoms with Crippen LogP contribution in [-0.4, -0.2) is 68.9 Å². The average Bonchev–Trinajstić information content (AvgIpc) is 3.25. The molecule has 1 fully saturated rings. The van der Waals surface area contributed by atoms with Crippen LogP contribution in [0, 0.1) is 6.92 Å². The molecule has 1 aliphatic rings. The molecule has 198 valence electrons. The van der Waals surface area contributed by atoms with Crippen molar-refractivity contribution in [2.75, 3.05) is 25.0 Å². The predicted molar refractivity (Wildman–Crippen MR) is 149 cm³/mol. The van der Waals surface area contributed by atoms with Crippen LogP contribution in [-0.2, 0) is 9.53 Å². The van der Waals surface area contributed by atoms with Crippen molar-refractivity contribution in [1.29, 1.82) is 0 Å². The third-order valence-electron chi connectivity index (χ3n) is 7.06. The van der Waals surface area contributed by atoms with E-state index in [-0.39, 0.29) is 18.3 Å². The second-order valence-corrected chi connectivity index (χ2v) is 10.9. The number of H-pyrrole nitrogens is 1. The summed E-state index contributed by atoms with van der Waals surface area (Å²) in [5.74, 6) is -0.373. The number of fused-ring (bicyclic) bond motifs is 3. The fraction of sp³-hybridized carbons (Fsp3) is 0.357. The Balaban J connectivity index is 1.35. The Labute approximate surface area is 225 Å². The largest absolute Gasteiger partial charge is 0.372 e. The number of pyridine rings is 2. The van der Waals surface area contributed by atoms with E-state index in [1.54, 1.807) is 36.9 Å². The van der Waals surface area contributed by atoms with E-state index in [4.69, 9.17) is 22.1 Å². The van der Waals surface area contributed by atoms with Crippen molar-refractivity contribution in [3.05, 3.63) is 65.2 Å². The zero-order valence-corrected chi connectivity index (χ0v) is 22.4. The monoisotopic (exact) mass is 534 g/mol. The summed E-state index contributed by atoms with van der Waals surface area (Å²) in [5, 5.41) is 5.44. The molecule has 1 amide bonds. The molecule has 2 unspecified atom stereocenters. The number of hydrogen-bond donors (Lipinski definition) is 3. The quantitative estimate of drug-likeness (QED) is 0.305. The molecule has 38 heavy (non-hydrogen) atoms. The number of ketones is 1. The molecule has 2 atom stereocenters. The van der Waals surface area contributed by atoms with Crippen molar-refractivity contribution in [2.24, 2.45) is 5.73 Å². The van der Waals surface area contributed by atoms with Gasteiger partial charge in [0.05, 0.1) is 41.2 Å². The van der Waals surface area contributed by atoms with E-state index in [1.165, 1.54) is 0 Å². The predicted octanol–water partition coefficient (Wildman–Crippen LogP) is 4.09. The highest BCUT2D eigenvalue weighted by molar-refractivity contribution is 6.33. The number of ether oxygens (including phenoxy) is 1. The molecule has 1 aliphatic heterocycles. The zero-order valence-electron chi connectivity index (χ0n) is 21.6. The molecule has 1 saturated heterocycles. The highest BCUT2D eigenvalue weighted by Gasteiger charge is 2.38. The molecular formula is C28H31ClN6O3. The highest BCUT2D eigenvalue weighted by atomic mass is 35.5. The van der Waals surface area contributed by atoms with Gasteiger partial charge in [-0.25, -0.2) is 0 Å². The number of benzene rings is 1. The van der Waals surface area contributed by atoms with Gasteiger partial charge in [0.25, 0.3) is 0 Å². The van der Waals surface area contributed by atoms with E-state index < -0.39 is 17.7 Å². The van der Waals surface area contributed by atoms with Gasteiger partial charge in [0.15, 0.2) is 5.78 Å². The first-order valence-electron chi connectivity index (χ1n) is 12.6. The van der Waals surface area contributed by atoms with E-state index in [9.17, 15) is 9.59 Å². The molecule has 9 nitrogen and oxygen atoms in total. The SMILES string of the molecule is Cc1ccncc1C(=O)C(N)CCN1CC(C)(C)OCC1C(=O)Nc1cc(Cl)cc2c1[nH]c1cnccc12. The Morgan fingerprint density at radius 2 is 2.00 bits per heavy atom. The normalized spacial score (nSPS) is 18.5. The van der Waals surface area contributed by atoms with Gasteiger partial charge in [-0.2, -0.15) is 0 Å². The fourth-order valence-corrected chi connectivity index (χ4v) is 5.24. The van der Waals surface area contributed by atoms with Gasteiger partial charge in [-0.3, -0.25) is 24.5 Å². The van der Waals surface area contributed by atoms with Crippen molar-refractivity contribution < 1.29 is 14.3 Å². The summed E-state index contributed by atoms with van der Waals surface area (Å²) in [6, 6.07) is 6.03. The number of morpholine rings is 1. The standard InChI is InChI=1S/C28H31ClN6O3/c1-16-4-7-31-12-20(16)26(36)21(30)6-9-35-15-28(2,3)38-14-24(35)27(37)34-22-11-17(29)10-19-18-5-8-32-13-23(18)33-25(19)22/h4-5,7-8,10-13,21,24,33H,6,9,14-15,30H2,1-3H3,(H,34,37). The van der Waals surface area contributed by atoms with Crippen LogP contribution >= 0.6 is 11.6 Å². The first kappa shape index (κ1) is 26.2. The zero-order chi connectivity index (χ0) is 27.0. The lowest BCUT2D eigenvalue weighted by Crippen LogP contribution is -2.58. The Morgan fingerprint density at radius 1 is 1.24 bits per heavy atom. The molecule has 0 aliphatic carbocycles. The average molecular weight is 535 g/mol. The van der Waals surface area contributed by atoms with Gasteiger partial charge >= 0.3 is 0 Å². The van der Waals surface area contributed by atoms with E-state index >= 15 is 0 Å². The number of aromatic nitrogens is 3. The summed E-state index contributed by atoms with van der Waals surface area (Å²) in [5.41, 5.74) is 9.43. The van der Waals surface area contributed by atoms with Crippen LogP contribution in [0.1, 0.15) is 36.2 Å². The van der Waals surface area contributed by atoms with Crippen LogP contribution in [0.4, 0.5) is 5.69 Å². The minimum atomic E-state index is -0.708. The molecule has 0 bridgehead atoms. The maximum Gasteiger partial charge on any atom is 0.244 e. The number of aryl methyl sites for hydroxylation is 1. The maximum atomic E-state index is 13.6. The third-order valence-corrected chi connectivity index (χ3v) is 7.28. The first-order chi connectivity index (χ1) is 18.1. The molecule has 10 heteroatoms. The van der Waals surface area contributed by atoms with Gasteiger partial charge in [0.1, 0.15) is 6.04 Å². The summed E-state index contributed by atoms with van der Waals surface area (Å²) >= 11 is 6.43. The molecule has 4 aromatic rings. The number of nitrogens with two attached hydrogens (primary N) is 1.